The van der Waals surface area contributed by atoms with Gasteiger partial charge in [0.25, 0.3) is 5.79 Å². The van der Waals surface area contributed by atoms with E-state index in [9.17, 15) is 14.4 Å². The zero-order valence-corrected chi connectivity index (χ0v) is 8.55. The van der Waals surface area contributed by atoms with Crippen molar-refractivity contribution in [2.24, 2.45) is 0 Å². The second-order valence-electron chi connectivity index (χ2n) is 3.56. The molecule has 1 aliphatic rings. The lowest BCUT2D eigenvalue weighted by Crippen LogP contribution is -2.39. The van der Waals surface area contributed by atoms with E-state index < -0.39 is 18.7 Å². The van der Waals surface area contributed by atoms with Crippen molar-refractivity contribution < 1.29 is 23.9 Å². The number of halogens is 1. The third-order valence-corrected chi connectivity index (χ3v) is 2.42. The molecular formula is C10H10BFO4. The Balaban J connectivity index is 2.49. The monoisotopic (exact) mass is 224 g/mol. The average Bonchev–Trinajstić information content (AvgIpc) is 2.66. The molecule has 1 heterocycles. The van der Waals surface area contributed by atoms with Crippen molar-refractivity contribution in [1.82, 2.24) is 0 Å². The second-order valence-corrected chi connectivity index (χ2v) is 3.56. The average molecular weight is 224 g/mol. The van der Waals surface area contributed by atoms with Crippen molar-refractivity contribution in [3.05, 3.63) is 42.1 Å². The van der Waals surface area contributed by atoms with Gasteiger partial charge in [0.1, 0.15) is 18.3 Å². The zero-order valence-electron chi connectivity index (χ0n) is 8.55. The second kappa shape index (κ2) is 3.81. The van der Waals surface area contributed by atoms with Crippen LogP contribution in [0, 0.1) is 5.82 Å². The SMILES string of the molecule is CC1(c2cc(F)ccc2B(O)O)OC=CO1. The van der Waals surface area contributed by atoms with Crippen LogP contribution in [0.1, 0.15) is 12.5 Å². The highest BCUT2D eigenvalue weighted by Gasteiger charge is 2.37. The molecule has 1 aromatic carbocycles. The molecule has 6 heteroatoms. The van der Waals surface area contributed by atoms with E-state index in [4.69, 9.17) is 9.47 Å². The number of benzene rings is 1. The summed E-state index contributed by atoms with van der Waals surface area (Å²) >= 11 is 0. The zero-order chi connectivity index (χ0) is 11.8. The van der Waals surface area contributed by atoms with Crippen LogP contribution in [0.5, 0.6) is 0 Å². The summed E-state index contributed by atoms with van der Waals surface area (Å²) < 4.78 is 23.5. The van der Waals surface area contributed by atoms with E-state index in [0.717, 1.165) is 12.1 Å². The van der Waals surface area contributed by atoms with E-state index >= 15 is 0 Å². The van der Waals surface area contributed by atoms with E-state index in [1.807, 2.05) is 0 Å². The Labute approximate surface area is 92.1 Å². The molecule has 0 radical (unpaired) electrons. The number of hydrogen-bond donors (Lipinski definition) is 2. The quantitative estimate of drug-likeness (QED) is 0.704. The van der Waals surface area contributed by atoms with Crippen molar-refractivity contribution in [1.29, 1.82) is 0 Å². The van der Waals surface area contributed by atoms with Gasteiger partial charge < -0.3 is 19.5 Å². The lowest BCUT2D eigenvalue weighted by Gasteiger charge is -2.25. The topological polar surface area (TPSA) is 58.9 Å². The van der Waals surface area contributed by atoms with E-state index in [0.29, 0.717) is 0 Å². The molecule has 0 spiro atoms. The van der Waals surface area contributed by atoms with Gasteiger partial charge in [0.05, 0.1) is 0 Å². The molecule has 1 aromatic rings. The molecule has 0 saturated carbocycles. The Morgan fingerprint density at radius 3 is 2.44 bits per heavy atom. The molecule has 0 aliphatic carbocycles. The first-order chi connectivity index (χ1) is 7.53. The molecule has 0 fully saturated rings. The fraction of sp³-hybridized carbons (Fsp3) is 0.200. The Hall–Kier alpha value is -1.53. The highest BCUT2D eigenvalue weighted by Crippen LogP contribution is 2.30. The van der Waals surface area contributed by atoms with Gasteiger partial charge in [0.15, 0.2) is 0 Å². The minimum Gasteiger partial charge on any atom is -0.453 e. The van der Waals surface area contributed by atoms with Gasteiger partial charge in [-0.3, -0.25) is 0 Å². The maximum absolute atomic E-state index is 13.1. The summed E-state index contributed by atoms with van der Waals surface area (Å²) in [6, 6.07) is 3.58. The summed E-state index contributed by atoms with van der Waals surface area (Å²) in [5.41, 5.74) is 0.389. The first kappa shape index (κ1) is 11.0. The van der Waals surface area contributed by atoms with Crippen LogP contribution in [0.4, 0.5) is 4.39 Å². The van der Waals surface area contributed by atoms with Crippen molar-refractivity contribution >= 4 is 12.6 Å². The van der Waals surface area contributed by atoms with Gasteiger partial charge in [-0.25, -0.2) is 4.39 Å². The molecule has 2 N–H and O–H groups in total. The van der Waals surface area contributed by atoms with Crippen molar-refractivity contribution in [2.75, 3.05) is 0 Å². The molecule has 1 aliphatic heterocycles. The van der Waals surface area contributed by atoms with Crippen LogP contribution in [0.2, 0.25) is 0 Å². The lowest BCUT2D eigenvalue weighted by molar-refractivity contribution is -0.132. The van der Waals surface area contributed by atoms with E-state index in [1.54, 1.807) is 6.92 Å². The normalized spacial score (nSPS) is 16.8. The largest absolute Gasteiger partial charge is 0.489 e. The van der Waals surface area contributed by atoms with Gasteiger partial charge in [-0.05, 0) is 17.6 Å². The number of ether oxygens (including phenoxy) is 2. The molecule has 0 unspecified atom stereocenters. The minimum atomic E-state index is -1.71. The Bertz CT molecular complexity index is 425. The summed E-state index contributed by atoms with van der Waals surface area (Å²) in [7, 11) is -1.71. The number of rotatable bonds is 2. The summed E-state index contributed by atoms with van der Waals surface area (Å²) in [6.07, 6.45) is 2.64. The minimum absolute atomic E-state index is 0.146. The molecular weight excluding hydrogens is 214 g/mol. The first-order valence-electron chi connectivity index (χ1n) is 4.70. The Morgan fingerprint density at radius 1 is 1.25 bits per heavy atom. The van der Waals surface area contributed by atoms with E-state index in [-0.39, 0.29) is 11.0 Å². The lowest BCUT2D eigenvalue weighted by atomic mass is 9.75. The van der Waals surface area contributed by atoms with Gasteiger partial charge in [-0.2, -0.15) is 0 Å². The Kier molecular flexibility index (Phi) is 2.61. The predicted octanol–water partition coefficient (Wildman–Crippen LogP) is 0.196. The Morgan fingerprint density at radius 2 is 1.88 bits per heavy atom. The highest BCUT2D eigenvalue weighted by atomic mass is 19.1. The standard InChI is InChI=1S/C10H10BFO4/c1-10(15-4-5-16-10)8-6-7(12)2-3-9(8)11(13)14/h2-6,13-14H,1H3. The highest BCUT2D eigenvalue weighted by molar-refractivity contribution is 6.59. The van der Waals surface area contributed by atoms with Crippen LogP contribution in [-0.4, -0.2) is 17.2 Å². The maximum Gasteiger partial charge on any atom is 0.489 e. The van der Waals surface area contributed by atoms with Crippen LogP contribution >= 0.6 is 0 Å². The summed E-state index contributed by atoms with van der Waals surface area (Å²) in [6.45, 7) is 1.56. The molecule has 0 aromatic heterocycles. The van der Waals surface area contributed by atoms with Gasteiger partial charge in [-0.1, -0.05) is 6.07 Å². The molecule has 2 rings (SSSR count). The predicted molar refractivity (Wildman–Crippen MR) is 54.9 cm³/mol. The molecule has 0 atom stereocenters. The summed E-state index contributed by atoms with van der Waals surface area (Å²) in [5.74, 6) is -1.72. The third-order valence-electron chi connectivity index (χ3n) is 2.42. The van der Waals surface area contributed by atoms with Crippen molar-refractivity contribution in [3.8, 4) is 0 Å². The first-order valence-corrected chi connectivity index (χ1v) is 4.70. The fourth-order valence-electron chi connectivity index (χ4n) is 1.62. The van der Waals surface area contributed by atoms with Crippen LogP contribution in [-0.2, 0) is 15.3 Å². The van der Waals surface area contributed by atoms with Gasteiger partial charge in [-0.15, -0.1) is 0 Å². The van der Waals surface area contributed by atoms with Crippen LogP contribution in [0.25, 0.3) is 0 Å². The summed E-state index contributed by atoms with van der Waals surface area (Å²) in [5, 5.41) is 18.3. The van der Waals surface area contributed by atoms with Crippen molar-refractivity contribution in [2.45, 2.75) is 12.7 Å². The van der Waals surface area contributed by atoms with Gasteiger partial charge >= 0.3 is 7.12 Å². The third kappa shape index (κ3) is 1.77. The van der Waals surface area contributed by atoms with Crippen LogP contribution < -0.4 is 5.46 Å². The van der Waals surface area contributed by atoms with Crippen LogP contribution in [0.3, 0.4) is 0 Å². The van der Waals surface area contributed by atoms with Crippen molar-refractivity contribution in [3.63, 3.8) is 0 Å². The molecule has 0 amide bonds. The van der Waals surface area contributed by atoms with Crippen LogP contribution in [0.15, 0.2) is 30.7 Å². The molecule has 4 nitrogen and oxygen atoms in total. The molecule has 84 valence electrons. The van der Waals surface area contributed by atoms with Gasteiger partial charge in [0, 0.05) is 12.5 Å². The summed E-state index contributed by atoms with van der Waals surface area (Å²) in [4.78, 5) is 0. The van der Waals surface area contributed by atoms with E-state index in [2.05, 4.69) is 0 Å². The molecule has 0 bridgehead atoms. The fourth-order valence-corrected chi connectivity index (χ4v) is 1.62. The number of hydrogen-bond acceptors (Lipinski definition) is 4. The van der Waals surface area contributed by atoms with Gasteiger partial charge in [0.2, 0.25) is 0 Å². The maximum atomic E-state index is 13.1. The molecule has 0 saturated heterocycles. The molecule has 16 heavy (non-hydrogen) atoms. The van der Waals surface area contributed by atoms with E-state index in [1.165, 1.54) is 18.6 Å². The smallest absolute Gasteiger partial charge is 0.453 e.